The number of anilines is 2. The zero-order valence-electron chi connectivity index (χ0n) is 19.4. The summed E-state index contributed by atoms with van der Waals surface area (Å²) in [6.45, 7) is 1.98. The lowest BCUT2D eigenvalue weighted by molar-refractivity contribution is -0.126. The summed E-state index contributed by atoms with van der Waals surface area (Å²) in [7, 11) is 1.33. The molecule has 0 radical (unpaired) electrons. The molecule has 0 bridgehead atoms. The number of para-hydroxylation sites is 1. The Kier molecular flexibility index (Phi) is 5.51. The Balaban J connectivity index is 1.45. The molecule has 35 heavy (non-hydrogen) atoms. The molecule has 0 saturated carbocycles. The number of nitrogens with zero attached hydrogens (tertiary/aromatic N) is 2. The van der Waals surface area contributed by atoms with Crippen molar-refractivity contribution in [3.8, 4) is 0 Å². The molecule has 2 saturated heterocycles. The largest absolute Gasteiger partial charge is 0.465 e. The van der Waals surface area contributed by atoms with Gasteiger partial charge in [-0.25, -0.2) is 14.8 Å². The molecule has 3 atom stereocenters. The number of carbonyl (C=O) groups excluding carboxylic acids is 3. The van der Waals surface area contributed by atoms with Gasteiger partial charge in [0.25, 0.3) is 5.91 Å². The van der Waals surface area contributed by atoms with E-state index in [4.69, 9.17) is 9.57 Å². The summed E-state index contributed by atoms with van der Waals surface area (Å²) in [6, 6.07) is 11.2. The van der Waals surface area contributed by atoms with Crippen LogP contribution in [0.15, 0.2) is 41.8 Å². The molecule has 1 aromatic carbocycles. The van der Waals surface area contributed by atoms with E-state index in [1.165, 1.54) is 34.7 Å². The molecule has 2 fully saturated rings. The molecular weight excluding hydrogens is 484 g/mol. The molecule has 4 heterocycles. The summed E-state index contributed by atoms with van der Waals surface area (Å²) >= 11 is 2.90. The lowest BCUT2D eigenvalue weighted by Crippen LogP contribution is -2.37. The topological polar surface area (TPSA) is 76.2 Å². The van der Waals surface area contributed by atoms with Crippen molar-refractivity contribution in [1.82, 2.24) is 0 Å². The first-order valence-electron chi connectivity index (χ1n) is 11.7. The normalized spacial score (nSPS) is 23.5. The Morgan fingerprint density at radius 1 is 1.09 bits per heavy atom. The third-order valence-electron chi connectivity index (χ3n) is 7.05. The average Bonchev–Trinajstić information content (AvgIpc) is 3.63. The zero-order chi connectivity index (χ0) is 24.3. The summed E-state index contributed by atoms with van der Waals surface area (Å²) in [6.07, 6.45) is 2.61. The SMILES string of the molecule is COC(=O)c1c(N2C(=O)[C@@H]3[C@H](ON(c4ccccc4C)[C@H]3c3cccs3)C2=O)sc2c1CCCC2. The monoisotopic (exact) mass is 508 g/mol. The van der Waals surface area contributed by atoms with E-state index in [9.17, 15) is 14.4 Å². The van der Waals surface area contributed by atoms with Gasteiger partial charge in [-0.1, -0.05) is 24.3 Å². The summed E-state index contributed by atoms with van der Waals surface area (Å²) in [5, 5.41) is 4.06. The number of esters is 1. The first-order valence-corrected chi connectivity index (χ1v) is 13.4. The quantitative estimate of drug-likeness (QED) is 0.371. The zero-order valence-corrected chi connectivity index (χ0v) is 21.0. The number of fused-ring (bicyclic) bond motifs is 2. The summed E-state index contributed by atoms with van der Waals surface area (Å²) in [4.78, 5) is 50.0. The van der Waals surface area contributed by atoms with Crippen LogP contribution in [-0.2, 0) is 32.0 Å². The van der Waals surface area contributed by atoms with Crippen molar-refractivity contribution in [3.05, 3.63) is 68.2 Å². The predicted octanol–water partition coefficient (Wildman–Crippen LogP) is 4.83. The number of carbonyl (C=O) groups is 3. The van der Waals surface area contributed by atoms with Crippen molar-refractivity contribution in [2.45, 2.75) is 44.8 Å². The average molecular weight is 509 g/mol. The number of thiophene rings is 2. The number of rotatable bonds is 4. The number of ether oxygens (including phenoxy) is 1. The molecule has 7 nitrogen and oxygen atoms in total. The fourth-order valence-electron chi connectivity index (χ4n) is 5.40. The maximum absolute atomic E-state index is 14.0. The number of benzene rings is 1. The van der Waals surface area contributed by atoms with Gasteiger partial charge >= 0.3 is 5.97 Å². The lowest BCUT2D eigenvalue weighted by Gasteiger charge is -2.28. The second-order valence-electron chi connectivity index (χ2n) is 9.02. The van der Waals surface area contributed by atoms with Gasteiger partial charge in [0, 0.05) is 9.75 Å². The van der Waals surface area contributed by atoms with Crippen LogP contribution < -0.4 is 9.96 Å². The fraction of sp³-hybridized carbons (Fsp3) is 0.346. The van der Waals surface area contributed by atoms with Gasteiger partial charge in [0.1, 0.15) is 17.0 Å². The molecule has 2 aromatic heterocycles. The van der Waals surface area contributed by atoms with Crippen LogP contribution in [0.3, 0.4) is 0 Å². The maximum Gasteiger partial charge on any atom is 0.341 e. The standard InChI is InChI=1S/C26H24N2O5S2/c1-14-8-3-5-10-16(14)28-21(18-12-7-13-34-18)20-22(33-28)24(30)27(23(20)29)25-19(26(31)32-2)15-9-4-6-11-17(15)35-25/h3,5,7-8,10,12-13,20-22H,4,6,9,11H2,1-2H3/t20-,21-,22-/m0/s1. The Morgan fingerprint density at radius 2 is 1.89 bits per heavy atom. The van der Waals surface area contributed by atoms with E-state index in [2.05, 4.69) is 0 Å². The molecule has 0 spiro atoms. The molecule has 0 unspecified atom stereocenters. The first-order chi connectivity index (χ1) is 17.0. The van der Waals surface area contributed by atoms with Crippen LogP contribution in [0.1, 0.15) is 50.1 Å². The van der Waals surface area contributed by atoms with Gasteiger partial charge in [-0.2, -0.15) is 0 Å². The molecule has 3 aromatic rings. The van der Waals surface area contributed by atoms with Gasteiger partial charge in [-0.05, 0) is 61.2 Å². The van der Waals surface area contributed by atoms with Gasteiger partial charge in [0.2, 0.25) is 5.91 Å². The van der Waals surface area contributed by atoms with Crippen molar-refractivity contribution in [2.75, 3.05) is 17.1 Å². The number of imide groups is 1. The Morgan fingerprint density at radius 3 is 2.63 bits per heavy atom. The van der Waals surface area contributed by atoms with Gasteiger partial charge in [-0.3, -0.25) is 14.4 Å². The lowest BCUT2D eigenvalue weighted by atomic mass is 9.94. The molecule has 2 aliphatic heterocycles. The predicted molar refractivity (Wildman–Crippen MR) is 134 cm³/mol. The number of aryl methyl sites for hydroxylation is 2. The van der Waals surface area contributed by atoms with Gasteiger partial charge in [0.05, 0.1) is 18.4 Å². The Bertz CT molecular complexity index is 1330. The van der Waals surface area contributed by atoms with Crippen molar-refractivity contribution < 1.29 is 24.0 Å². The van der Waals surface area contributed by atoms with E-state index in [-0.39, 0.29) is 5.91 Å². The fourth-order valence-corrected chi connectivity index (χ4v) is 7.64. The van der Waals surface area contributed by atoms with Crippen LogP contribution >= 0.6 is 22.7 Å². The minimum absolute atomic E-state index is 0.335. The highest BCUT2D eigenvalue weighted by atomic mass is 32.1. The summed E-state index contributed by atoms with van der Waals surface area (Å²) in [5.74, 6) is -1.99. The highest BCUT2D eigenvalue weighted by Gasteiger charge is 2.61. The number of hydrogen-bond acceptors (Lipinski definition) is 8. The summed E-state index contributed by atoms with van der Waals surface area (Å²) in [5.41, 5.74) is 3.09. The minimum atomic E-state index is -0.959. The first kappa shape index (κ1) is 22.5. The molecule has 180 valence electrons. The van der Waals surface area contributed by atoms with E-state index in [0.717, 1.165) is 52.3 Å². The van der Waals surface area contributed by atoms with Crippen molar-refractivity contribution in [2.24, 2.45) is 5.92 Å². The van der Waals surface area contributed by atoms with Gasteiger partial charge < -0.3 is 4.74 Å². The minimum Gasteiger partial charge on any atom is -0.465 e. The molecule has 6 rings (SSSR count). The highest BCUT2D eigenvalue weighted by molar-refractivity contribution is 7.17. The van der Waals surface area contributed by atoms with Crippen molar-refractivity contribution >= 4 is 51.1 Å². The van der Waals surface area contributed by atoms with E-state index in [0.29, 0.717) is 10.6 Å². The molecule has 9 heteroatoms. The van der Waals surface area contributed by atoms with Crippen LogP contribution in [0, 0.1) is 12.8 Å². The van der Waals surface area contributed by atoms with Crippen LogP contribution in [0.2, 0.25) is 0 Å². The third-order valence-corrected chi connectivity index (χ3v) is 9.27. The molecule has 1 aliphatic carbocycles. The third kappa shape index (κ3) is 3.36. The number of hydroxylamine groups is 1. The maximum atomic E-state index is 14.0. The molecule has 0 N–H and O–H groups in total. The highest BCUT2D eigenvalue weighted by Crippen LogP contribution is 2.51. The van der Waals surface area contributed by atoms with Gasteiger partial charge in [0.15, 0.2) is 6.10 Å². The smallest absolute Gasteiger partial charge is 0.341 e. The van der Waals surface area contributed by atoms with Crippen LogP contribution in [-0.4, -0.2) is 31.0 Å². The summed E-state index contributed by atoms with van der Waals surface area (Å²) < 4.78 is 5.07. The Hall–Kier alpha value is -3.01. The van der Waals surface area contributed by atoms with Crippen LogP contribution in [0.4, 0.5) is 10.7 Å². The number of amides is 2. The molecule has 3 aliphatic rings. The molecular formula is C26H24N2O5S2. The van der Waals surface area contributed by atoms with Crippen molar-refractivity contribution in [3.63, 3.8) is 0 Å². The van der Waals surface area contributed by atoms with E-state index >= 15 is 0 Å². The van der Waals surface area contributed by atoms with E-state index in [1.54, 1.807) is 5.06 Å². The van der Waals surface area contributed by atoms with Crippen molar-refractivity contribution in [1.29, 1.82) is 0 Å². The Labute approximate surface area is 210 Å². The number of hydrogen-bond donors (Lipinski definition) is 0. The molecule has 2 amide bonds. The van der Waals surface area contributed by atoms with Gasteiger partial charge in [-0.15, -0.1) is 22.7 Å². The second-order valence-corrected chi connectivity index (χ2v) is 11.1. The van der Waals surface area contributed by atoms with Crippen LogP contribution in [0.25, 0.3) is 0 Å². The second kappa shape index (κ2) is 8.58. The van der Waals surface area contributed by atoms with Crippen LogP contribution in [0.5, 0.6) is 0 Å². The number of methoxy groups -OCH3 is 1. The van der Waals surface area contributed by atoms with E-state index in [1.807, 2.05) is 48.7 Å². The van der Waals surface area contributed by atoms with E-state index < -0.39 is 29.9 Å².